The molecular weight excluding hydrogens is 221 g/mol. The molecule has 1 aliphatic heterocycles. The molecule has 1 aromatic carbocycles. The standard InChI is InChI=1S/C13H16FNO2/c1-9-4-5-11(14)7-10(9)8-15-6-2-3-12(15)13(16)17/h4-5,7,12H,2-3,6,8H2,1H3,(H,16,17)/t12-/m0/s1. The van der Waals surface area contributed by atoms with Crippen molar-refractivity contribution in [3.8, 4) is 0 Å². The number of likely N-dealkylation sites (tertiary alicyclic amines) is 1. The van der Waals surface area contributed by atoms with Gasteiger partial charge in [-0.15, -0.1) is 0 Å². The Balaban J connectivity index is 2.15. The van der Waals surface area contributed by atoms with Crippen LogP contribution >= 0.6 is 0 Å². The molecule has 0 radical (unpaired) electrons. The monoisotopic (exact) mass is 237 g/mol. The number of benzene rings is 1. The van der Waals surface area contributed by atoms with Gasteiger partial charge < -0.3 is 5.11 Å². The molecule has 0 saturated carbocycles. The number of aliphatic carboxylic acids is 1. The average Bonchev–Trinajstić information content (AvgIpc) is 2.71. The highest BCUT2D eigenvalue weighted by atomic mass is 19.1. The molecule has 1 aromatic rings. The molecule has 3 nitrogen and oxygen atoms in total. The molecule has 1 saturated heterocycles. The van der Waals surface area contributed by atoms with Crippen LogP contribution in [0, 0.1) is 12.7 Å². The van der Waals surface area contributed by atoms with Gasteiger partial charge in [0.1, 0.15) is 11.9 Å². The number of hydrogen-bond acceptors (Lipinski definition) is 2. The van der Waals surface area contributed by atoms with Gasteiger partial charge in [0.15, 0.2) is 0 Å². The van der Waals surface area contributed by atoms with Crippen LogP contribution in [0.5, 0.6) is 0 Å². The van der Waals surface area contributed by atoms with E-state index in [2.05, 4.69) is 0 Å². The van der Waals surface area contributed by atoms with Gasteiger partial charge in [-0.1, -0.05) is 6.07 Å². The molecule has 0 spiro atoms. The third-order valence-electron chi connectivity index (χ3n) is 3.33. The second-order valence-electron chi connectivity index (χ2n) is 4.54. The summed E-state index contributed by atoms with van der Waals surface area (Å²) in [6.45, 7) is 3.20. The van der Waals surface area contributed by atoms with Gasteiger partial charge in [-0.05, 0) is 49.6 Å². The first-order valence-corrected chi connectivity index (χ1v) is 5.80. The van der Waals surface area contributed by atoms with Crippen molar-refractivity contribution in [3.63, 3.8) is 0 Å². The zero-order valence-corrected chi connectivity index (χ0v) is 9.82. The van der Waals surface area contributed by atoms with Gasteiger partial charge in [0.25, 0.3) is 0 Å². The number of nitrogens with zero attached hydrogens (tertiary/aromatic N) is 1. The minimum atomic E-state index is -0.781. The fourth-order valence-corrected chi connectivity index (χ4v) is 2.32. The van der Waals surface area contributed by atoms with E-state index in [0.717, 1.165) is 24.1 Å². The number of halogens is 1. The van der Waals surface area contributed by atoms with Gasteiger partial charge in [-0.25, -0.2) is 4.39 Å². The molecule has 0 unspecified atom stereocenters. The van der Waals surface area contributed by atoms with Crippen molar-refractivity contribution < 1.29 is 14.3 Å². The summed E-state index contributed by atoms with van der Waals surface area (Å²) in [4.78, 5) is 12.9. The Morgan fingerprint density at radius 3 is 3.06 bits per heavy atom. The average molecular weight is 237 g/mol. The van der Waals surface area contributed by atoms with E-state index in [1.165, 1.54) is 12.1 Å². The Morgan fingerprint density at radius 2 is 2.35 bits per heavy atom. The van der Waals surface area contributed by atoms with Gasteiger partial charge in [0.2, 0.25) is 0 Å². The molecule has 1 heterocycles. The lowest BCUT2D eigenvalue weighted by molar-refractivity contribution is -0.142. The van der Waals surface area contributed by atoms with Crippen molar-refractivity contribution in [1.29, 1.82) is 0 Å². The molecule has 1 fully saturated rings. The van der Waals surface area contributed by atoms with Crippen LogP contribution in [0.1, 0.15) is 24.0 Å². The SMILES string of the molecule is Cc1ccc(F)cc1CN1CCC[C@H]1C(=O)O. The number of carbonyl (C=O) groups is 1. The summed E-state index contributed by atoms with van der Waals surface area (Å²) >= 11 is 0. The van der Waals surface area contributed by atoms with Crippen LogP contribution in [0.4, 0.5) is 4.39 Å². The van der Waals surface area contributed by atoms with Crippen molar-refractivity contribution in [3.05, 3.63) is 35.1 Å². The molecule has 17 heavy (non-hydrogen) atoms. The number of carboxylic acids is 1. The molecule has 1 N–H and O–H groups in total. The summed E-state index contributed by atoms with van der Waals surface area (Å²) in [5, 5.41) is 9.07. The van der Waals surface area contributed by atoms with Gasteiger partial charge in [0, 0.05) is 6.54 Å². The summed E-state index contributed by atoms with van der Waals surface area (Å²) in [5.41, 5.74) is 1.88. The van der Waals surface area contributed by atoms with E-state index in [-0.39, 0.29) is 5.82 Å². The first kappa shape index (κ1) is 12.0. The summed E-state index contributed by atoms with van der Waals surface area (Å²) in [5.74, 6) is -1.05. The Labute approximate surface area is 99.9 Å². The van der Waals surface area contributed by atoms with Crippen molar-refractivity contribution in [2.24, 2.45) is 0 Å². The largest absolute Gasteiger partial charge is 0.480 e. The molecule has 2 rings (SSSR count). The predicted octanol–water partition coefficient (Wildman–Crippen LogP) is 2.18. The maximum Gasteiger partial charge on any atom is 0.320 e. The number of hydrogen-bond donors (Lipinski definition) is 1. The Bertz CT molecular complexity index is 433. The van der Waals surface area contributed by atoms with Crippen LogP contribution in [0.3, 0.4) is 0 Å². The van der Waals surface area contributed by atoms with E-state index in [9.17, 15) is 9.18 Å². The Hall–Kier alpha value is -1.42. The maximum absolute atomic E-state index is 13.1. The van der Waals surface area contributed by atoms with Crippen LogP contribution in [-0.2, 0) is 11.3 Å². The highest BCUT2D eigenvalue weighted by Gasteiger charge is 2.30. The molecular formula is C13H16FNO2. The van der Waals surface area contributed by atoms with Gasteiger partial charge >= 0.3 is 5.97 Å². The summed E-state index contributed by atoms with van der Waals surface area (Å²) in [6.07, 6.45) is 1.58. The predicted molar refractivity (Wildman–Crippen MR) is 62.2 cm³/mol. The van der Waals surface area contributed by atoms with E-state index >= 15 is 0 Å². The van der Waals surface area contributed by atoms with Crippen LogP contribution in [0.25, 0.3) is 0 Å². The van der Waals surface area contributed by atoms with Crippen LogP contribution in [0.15, 0.2) is 18.2 Å². The third kappa shape index (κ3) is 2.64. The zero-order chi connectivity index (χ0) is 12.4. The minimum absolute atomic E-state index is 0.267. The maximum atomic E-state index is 13.1. The lowest BCUT2D eigenvalue weighted by atomic mass is 10.1. The lowest BCUT2D eigenvalue weighted by Crippen LogP contribution is -2.35. The van der Waals surface area contributed by atoms with Crippen LogP contribution in [0.2, 0.25) is 0 Å². The smallest absolute Gasteiger partial charge is 0.320 e. The molecule has 0 aromatic heterocycles. The van der Waals surface area contributed by atoms with Gasteiger partial charge in [-0.2, -0.15) is 0 Å². The fourth-order valence-electron chi connectivity index (χ4n) is 2.32. The van der Waals surface area contributed by atoms with Crippen LogP contribution in [-0.4, -0.2) is 28.6 Å². The topological polar surface area (TPSA) is 40.5 Å². The highest BCUT2D eigenvalue weighted by molar-refractivity contribution is 5.73. The molecule has 1 aliphatic rings. The second-order valence-corrected chi connectivity index (χ2v) is 4.54. The second kappa shape index (κ2) is 4.84. The molecule has 0 bridgehead atoms. The van der Waals surface area contributed by atoms with Crippen molar-refractivity contribution >= 4 is 5.97 Å². The first-order chi connectivity index (χ1) is 8.08. The van der Waals surface area contributed by atoms with Crippen molar-refractivity contribution in [2.45, 2.75) is 32.4 Å². The van der Waals surface area contributed by atoms with Gasteiger partial charge in [-0.3, -0.25) is 9.69 Å². The normalized spacial score (nSPS) is 20.7. The quantitative estimate of drug-likeness (QED) is 0.876. The fraction of sp³-hybridized carbons (Fsp3) is 0.462. The molecule has 92 valence electrons. The number of aryl methyl sites for hydroxylation is 1. The van der Waals surface area contributed by atoms with Gasteiger partial charge in [0.05, 0.1) is 0 Å². The molecule has 1 atom stereocenters. The van der Waals surface area contributed by atoms with E-state index in [0.29, 0.717) is 13.0 Å². The molecule has 4 heteroatoms. The Morgan fingerprint density at radius 1 is 1.59 bits per heavy atom. The lowest BCUT2D eigenvalue weighted by Gasteiger charge is -2.21. The number of rotatable bonds is 3. The third-order valence-corrected chi connectivity index (χ3v) is 3.33. The summed E-state index contributed by atoms with van der Waals surface area (Å²) < 4.78 is 13.1. The van der Waals surface area contributed by atoms with Crippen molar-refractivity contribution in [1.82, 2.24) is 4.90 Å². The van der Waals surface area contributed by atoms with E-state index in [4.69, 9.17) is 5.11 Å². The number of carboxylic acid groups (broad SMARTS) is 1. The first-order valence-electron chi connectivity index (χ1n) is 5.80. The summed E-state index contributed by atoms with van der Waals surface area (Å²) in [7, 11) is 0. The zero-order valence-electron chi connectivity index (χ0n) is 9.82. The van der Waals surface area contributed by atoms with Crippen LogP contribution < -0.4 is 0 Å². The molecule has 0 aliphatic carbocycles. The van der Waals surface area contributed by atoms with E-state index < -0.39 is 12.0 Å². The minimum Gasteiger partial charge on any atom is -0.480 e. The highest BCUT2D eigenvalue weighted by Crippen LogP contribution is 2.22. The van der Waals surface area contributed by atoms with E-state index in [1.54, 1.807) is 6.07 Å². The van der Waals surface area contributed by atoms with E-state index in [1.807, 2.05) is 11.8 Å². The van der Waals surface area contributed by atoms with Crippen molar-refractivity contribution in [2.75, 3.05) is 6.54 Å². The summed E-state index contributed by atoms with van der Waals surface area (Å²) in [6, 6.07) is 4.23. The Kier molecular flexibility index (Phi) is 3.43. The molecule has 0 amide bonds.